The molecule has 0 spiro atoms. The fourth-order valence-electron chi connectivity index (χ4n) is 2.18. The Morgan fingerprint density at radius 3 is 2.48 bits per heavy atom. The van der Waals surface area contributed by atoms with Crippen molar-refractivity contribution in [3.8, 4) is 0 Å². The minimum atomic E-state index is -4.62. The molecule has 1 aromatic rings. The van der Waals surface area contributed by atoms with Crippen LogP contribution in [0.1, 0.15) is 30.9 Å². The molecule has 2 rings (SSSR count). The number of aliphatic hydroxyl groups excluding tert-OH is 1. The largest absolute Gasteiger partial charge is 0.416 e. The Kier molecular flexibility index (Phi) is 3.97. The van der Waals surface area contributed by atoms with E-state index in [4.69, 9.17) is 5.11 Å². The smallest absolute Gasteiger partial charge is 0.384 e. The lowest BCUT2D eigenvalue weighted by atomic mass is 9.93. The average molecular weight is 305 g/mol. The standard InChI is InChI=1S/C14H15F4NO2/c1-8(20)12(21)19-7-13(2-3-13)9-4-10(14(16,17)18)6-11(15)5-9/h4-6,8,20H,2-3,7H2,1H3,(H,19,21). The maximum absolute atomic E-state index is 13.4. The van der Waals surface area contributed by atoms with Crippen molar-refractivity contribution in [2.75, 3.05) is 6.54 Å². The van der Waals surface area contributed by atoms with Crippen LogP contribution in [0.25, 0.3) is 0 Å². The number of hydrogen-bond acceptors (Lipinski definition) is 2. The topological polar surface area (TPSA) is 49.3 Å². The highest BCUT2D eigenvalue weighted by atomic mass is 19.4. The zero-order valence-electron chi connectivity index (χ0n) is 11.3. The molecule has 2 N–H and O–H groups in total. The van der Waals surface area contributed by atoms with Crippen molar-refractivity contribution < 1.29 is 27.5 Å². The van der Waals surface area contributed by atoms with Gasteiger partial charge in [0.05, 0.1) is 5.56 Å². The van der Waals surface area contributed by atoms with Crippen molar-refractivity contribution in [3.63, 3.8) is 0 Å². The molecule has 0 radical (unpaired) electrons. The van der Waals surface area contributed by atoms with Crippen molar-refractivity contribution in [2.24, 2.45) is 0 Å². The fraction of sp³-hybridized carbons (Fsp3) is 0.500. The summed E-state index contributed by atoms with van der Waals surface area (Å²) in [6, 6.07) is 2.44. The minimum Gasteiger partial charge on any atom is -0.384 e. The quantitative estimate of drug-likeness (QED) is 0.839. The lowest BCUT2D eigenvalue weighted by Crippen LogP contribution is -2.37. The minimum absolute atomic E-state index is 0.0808. The number of carbonyl (C=O) groups excluding carboxylic acids is 1. The van der Waals surface area contributed by atoms with E-state index in [1.807, 2.05) is 0 Å². The summed E-state index contributed by atoms with van der Waals surface area (Å²) in [6.07, 6.45) is -4.68. The first kappa shape index (κ1) is 15.8. The van der Waals surface area contributed by atoms with Crippen LogP contribution in [-0.4, -0.2) is 23.7 Å². The third-order valence-electron chi connectivity index (χ3n) is 3.67. The first-order valence-corrected chi connectivity index (χ1v) is 6.48. The van der Waals surface area contributed by atoms with Crippen LogP contribution in [0.15, 0.2) is 18.2 Å². The lowest BCUT2D eigenvalue weighted by Gasteiger charge is -2.19. The molecule has 1 saturated carbocycles. The second-order valence-electron chi connectivity index (χ2n) is 5.40. The molecule has 0 heterocycles. The summed E-state index contributed by atoms with van der Waals surface area (Å²) in [6.45, 7) is 1.37. The number of halogens is 4. The number of hydrogen-bond donors (Lipinski definition) is 2. The van der Waals surface area contributed by atoms with E-state index >= 15 is 0 Å². The predicted molar refractivity (Wildman–Crippen MR) is 67.0 cm³/mol. The van der Waals surface area contributed by atoms with Gasteiger partial charge >= 0.3 is 6.18 Å². The molecule has 1 aliphatic carbocycles. The normalized spacial score (nSPS) is 18.2. The Morgan fingerprint density at radius 1 is 1.38 bits per heavy atom. The maximum atomic E-state index is 13.4. The van der Waals surface area contributed by atoms with Crippen LogP contribution in [0.2, 0.25) is 0 Å². The lowest BCUT2D eigenvalue weighted by molar-refractivity contribution is -0.137. The number of aliphatic hydroxyl groups is 1. The summed E-state index contributed by atoms with van der Waals surface area (Å²) in [5.41, 5.74) is -1.49. The molecular formula is C14H15F4NO2. The van der Waals surface area contributed by atoms with E-state index in [1.54, 1.807) is 0 Å². The number of benzene rings is 1. The number of nitrogens with one attached hydrogen (secondary N) is 1. The van der Waals surface area contributed by atoms with Gasteiger partial charge in [-0.05, 0) is 43.5 Å². The first-order chi connectivity index (χ1) is 9.64. The molecule has 116 valence electrons. The van der Waals surface area contributed by atoms with E-state index in [1.165, 1.54) is 6.92 Å². The number of rotatable bonds is 4. The predicted octanol–water partition coefficient (Wildman–Crippen LogP) is 2.37. The Balaban J connectivity index is 2.21. The Hall–Kier alpha value is -1.63. The summed E-state index contributed by atoms with van der Waals surface area (Å²) >= 11 is 0. The molecule has 1 fully saturated rings. The van der Waals surface area contributed by atoms with Crippen LogP contribution in [0.3, 0.4) is 0 Å². The van der Waals surface area contributed by atoms with Crippen LogP contribution >= 0.6 is 0 Å². The molecule has 0 bridgehead atoms. The van der Waals surface area contributed by atoms with E-state index in [0.29, 0.717) is 18.9 Å². The van der Waals surface area contributed by atoms with Crippen molar-refractivity contribution in [1.29, 1.82) is 0 Å². The molecule has 3 nitrogen and oxygen atoms in total. The Bertz CT molecular complexity index is 550. The van der Waals surface area contributed by atoms with E-state index in [-0.39, 0.29) is 12.1 Å². The monoisotopic (exact) mass is 305 g/mol. The van der Waals surface area contributed by atoms with Gasteiger partial charge in [-0.1, -0.05) is 0 Å². The van der Waals surface area contributed by atoms with Gasteiger partial charge in [0.25, 0.3) is 0 Å². The van der Waals surface area contributed by atoms with Crippen molar-refractivity contribution >= 4 is 5.91 Å². The first-order valence-electron chi connectivity index (χ1n) is 6.48. The highest BCUT2D eigenvalue weighted by molar-refractivity contribution is 5.80. The van der Waals surface area contributed by atoms with Gasteiger partial charge in [-0.3, -0.25) is 4.79 Å². The van der Waals surface area contributed by atoms with E-state index in [9.17, 15) is 22.4 Å². The third kappa shape index (κ3) is 3.53. The molecule has 0 saturated heterocycles. The van der Waals surface area contributed by atoms with Crippen molar-refractivity contribution in [2.45, 2.75) is 37.5 Å². The summed E-state index contributed by atoms with van der Waals surface area (Å²) in [5.74, 6) is -1.55. The van der Waals surface area contributed by atoms with Gasteiger partial charge in [0, 0.05) is 12.0 Å². The highest BCUT2D eigenvalue weighted by Gasteiger charge is 2.46. The summed E-state index contributed by atoms with van der Waals surface area (Å²) < 4.78 is 51.5. The zero-order chi connectivity index (χ0) is 15.8. The molecule has 1 aromatic carbocycles. The molecule has 0 aromatic heterocycles. The van der Waals surface area contributed by atoms with Crippen molar-refractivity contribution in [1.82, 2.24) is 5.32 Å². The SMILES string of the molecule is CC(O)C(=O)NCC1(c2cc(F)cc(C(F)(F)F)c2)CC1. The molecule has 1 unspecified atom stereocenters. The zero-order valence-corrected chi connectivity index (χ0v) is 11.3. The van der Waals surface area contributed by atoms with Gasteiger partial charge in [-0.25, -0.2) is 4.39 Å². The molecule has 1 amide bonds. The van der Waals surface area contributed by atoms with Gasteiger partial charge in [-0.15, -0.1) is 0 Å². The maximum Gasteiger partial charge on any atom is 0.416 e. The third-order valence-corrected chi connectivity index (χ3v) is 3.67. The van der Waals surface area contributed by atoms with Crippen LogP contribution in [0.4, 0.5) is 17.6 Å². The van der Waals surface area contributed by atoms with Gasteiger partial charge in [0.2, 0.25) is 5.91 Å². The van der Waals surface area contributed by atoms with Crippen LogP contribution in [0.5, 0.6) is 0 Å². The van der Waals surface area contributed by atoms with Gasteiger partial charge in [0.1, 0.15) is 11.9 Å². The highest BCUT2D eigenvalue weighted by Crippen LogP contribution is 2.48. The van der Waals surface area contributed by atoms with E-state index in [0.717, 1.165) is 12.1 Å². The van der Waals surface area contributed by atoms with Gasteiger partial charge in [0.15, 0.2) is 0 Å². The Morgan fingerprint density at radius 2 is 2.00 bits per heavy atom. The fourth-order valence-corrected chi connectivity index (χ4v) is 2.18. The van der Waals surface area contributed by atoms with Gasteiger partial charge in [-0.2, -0.15) is 13.2 Å². The summed E-state index contributed by atoms with van der Waals surface area (Å²) in [4.78, 5) is 11.3. The second kappa shape index (κ2) is 5.29. The van der Waals surface area contributed by atoms with Crippen LogP contribution in [0, 0.1) is 5.82 Å². The van der Waals surface area contributed by atoms with Crippen LogP contribution < -0.4 is 5.32 Å². The second-order valence-corrected chi connectivity index (χ2v) is 5.40. The molecule has 7 heteroatoms. The Labute approximate surface area is 119 Å². The number of amides is 1. The van der Waals surface area contributed by atoms with Gasteiger partial charge < -0.3 is 10.4 Å². The average Bonchev–Trinajstić information content (AvgIpc) is 3.15. The molecular weight excluding hydrogens is 290 g/mol. The van der Waals surface area contributed by atoms with Crippen LogP contribution in [-0.2, 0) is 16.4 Å². The van der Waals surface area contributed by atoms with E-state index < -0.39 is 35.0 Å². The summed E-state index contributed by atoms with van der Waals surface area (Å²) in [5, 5.41) is 11.6. The number of carbonyl (C=O) groups is 1. The molecule has 1 aliphatic rings. The van der Waals surface area contributed by atoms with Crippen molar-refractivity contribution in [3.05, 3.63) is 35.1 Å². The number of alkyl halides is 3. The van der Waals surface area contributed by atoms with E-state index in [2.05, 4.69) is 5.32 Å². The summed E-state index contributed by atoms with van der Waals surface area (Å²) in [7, 11) is 0. The molecule has 0 aliphatic heterocycles. The molecule has 1 atom stereocenters. The molecule has 21 heavy (non-hydrogen) atoms.